The van der Waals surface area contributed by atoms with Crippen molar-refractivity contribution in [1.82, 2.24) is 9.80 Å². The van der Waals surface area contributed by atoms with Gasteiger partial charge in [-0.2, -0.15) is 0 Å². The van der Waals surface area contributed by atoms with E-state index in [2.05, 4.69) is 9.80 Å². The van der Waals surface area contributed by atoms with E-state index in [4.69, 9.17) is 9.47 Å². The summed E-state index contributed by atoms with van der Waals surface area (Å²) in [6.45, 7) is 6.58. The van der Waals surface area contributed by atoms with Gasteiger partial charge in [0.1, 0.15) is 13.2 Å². The Hall–Kier alpha value is -1.11. The highest BCUT2D eigenvalue weighted by Gasteiger charge is 2.12. The Morgan fingerprint density at radius 3 is 1.43 bits per heavy atom. The van der Waals surface area contributed by atoms with Crippen LogP contribution < -0.4 is 0 Å². The van der Waals surface area contributed by atoms with Crippen LogP contribution in [0, 0.1) is 0 Å². The minimum Gasteiger partial charge on any atom is -0.461 e. The fraction of sp³-hybridized carbons (Fsp3) is 0.750. The lowest BCUT2D eigenvalue weighted by molar-refractivity contribution is -0.140. The highest BCUT2D eigenvalue weighted by molar-refractivity contribution is 5.91. The molecule has 0 aliphatic carbocycles. The van der Waals surface area contributed by atoms with Crippen molar-refractivity contribution >= 4 is 24.3 Å². The summed E-state index contributed by atoms with van der Waals surface area (Å²) in [5.41, 5.74) is 0. The second-order valence-corrected chi connectivity index (χ2v) is 5.77. The molecular weight excluding hydrogens is 320 g/mol. The number of carbonyl (C=O) groups excluding carboxylic acids is 2. The first-order valence-electron chi connectivity index (χ1n) is 8.20. The van der Waals surface area contributed by atoms with Crippen molar-refractivity contribution in [2.24, 2.45) is 0 Å². The number of nitrogens with zero attached hydrogens (tertiary/aromatic N) is 2. The first-order chi connectivity index (χ1) is 10.7. The number of esters is 2. The Kier molecular flexibility index (Phi) is 9.91. The number of likely N-dealkylation sites (tertiary alicyclic amines) is 2. The standard InChI is InChI=1S/C16H26N2O4.ClH/c19-15(21-13-11-17-7-1-2-8-17)5-6-16(20)22-14-12-18-9-3-4-10-18;/h5-6H,1-4,7-14H2;1H/b6-5+;. The van der Waals surface area contributed by atoms with Crippen LogP contribution in [-0.2, 0) is 19.1 Å². The molecule has 0 amide bonds. The summed E-state index contributed by atoms with van der Waals surface area (Å²) in [5.74, 6) is -0.980. The molecule has 7 heteroatoms. The molecule has 0 atom stereocenters. The fourth-order valence-corrected chi connectivity index (χ4v) is 2.80. The Balaban J connectivity index is 0.00000264. The van der Waals surface area contributed by atoms with Crippen LogP contribution in [0.5, 0.6) is 0 Å². The van der Waals surface area contributed by atoms with E-state index in [9.17, 15) is 9.59 Å². The summed E-state index contributed by atoms with van der Waals surface area (Å²) in [5, 5.41) is 0. The summed E-state index contributed by atoms with van der Waals surface area (Å²) in [4.78, 5) is 27.5. The summed E-state index contributed by atoms with van der Waals surface area (Å²) >= 11 is 0. The lowest BCUT2D eigenvalue weighted by Crippen LogP contribution is -2.25. The zero-order valence-corrected chi connectivity index (χ0v) is 14.4. The maximum Gasteiger partial charge on any atom is 0.331 e. The van der Waals surface area contributed by atoms with E-state index in [0.29, 0.717) is 13.2 Å². The quantitative estimate of drug-likeness (QED) is 0.487. The van der Waals surface area contributed by atoms with E-state index in [1.165, 1.54) is 25.7 Å². The minimum absolute atomic E-state index is 0. The average molecular weight is 347 g/mol. The van der Waals surface area contributed by atoms with E-state index in [0.717, 1.165) is 51.4 Å². The molecule has 0 bridgehead atoms. The third-order valence-electron chi connectivity index (χ3n) is 4.06. The predicted molar refractivity (Wildman–Crippen MR) is 89.7 cm³/mol. The van der Waals surface area contributed by atoms with Crippen LogP contribution in [0.2, 0.25) is 0 Å². The maximum atomic E-state index is 11.5. The Morgan fingerprint density at radius 1 is 0.739 bits per heavy atom. The van der Waals surface area contributed by atoms with Gasteiger partial charge in [0.25, 0.3) is 0 Å². The van der Waals surface area contributed by atoms with Crippen molar-refractivity contribution in [3.8, 4) is 0 Å². The van der Waals surface area contributed by atoms with Gasteiger partial charge in [-0.1, -0.05) is 0 Å². The smallest absolute Gasteiger partial charge is 0.331 e. The van der Waals surface area contributed by atoms with Gasteiger partial charge in [-0.25, -0.2) is 9.59 Å². The summed E-state index contributed by atoms with van der Waals surface area (Å²) in [6, 6.07) is 0. The van der Waals surface area contributed by atoms with Gasteiger partial charge < -0.3 is 9.47 Å². The number of rotatable bonds is 8. The van der Waals surface area contributed by atoms with Gasteiger partial charge in [0.15, 0.2) is 0 Å². The first kappa shape index (κ1) is 19.9. The molecule has 0 aromatic heterocycles. The normalized spacial score (nSPS) is 19.0. The molecule has 2 fully saturated rings. The van der Waals surface area contributed by atoms with Gasteiger partial charge in [-0.05, 0) is 51.9 Å². The molecule has 0 aromatic carbocycles. The van der Waals surface area contributed by atoms with E-state index in [1.807, 2.05) is 0 Å². The van der Waals surface area contributed by atoms with E-state index in [-0.39, 0.29) is 12.4 Å². The highest BCUT2D eigenvalue weighted by Crippen LogP contribution is 2.06. The maximum absolute atomic E-state index is 11.5. The molecular formula is C16H27ClN2O4. The van der Waals surface area contributed by atoms with Crippen LogP contribution in [0.25, 0.3) is 0 Å². The molecule has 0 unspecified atom stereocenters. The van der Waals surface area contributed by atoms with Gasteiger partial charge in [0.05, 0.1) is 0 Å². The minimum atomic E-state index is -0.490. The van der Waals surface area contributed by atoms with E-state index < -0.39 is 11.9 Å². The molecule has 2 heterocycles. The largest absolute Gasteiger partial charge is 0.461 e. The van der Waals surface area contributed by atoms with Crippen LogP contribution in [-0.4, -0.2) is 74.2 Å². The van der Waals surface area contributed by atoms with Gasteiger partial charge in [0, 0.05) is 25.2 Å². The molecule has 2 saturated heterocycles. The lowest BCUT2D eigenvalue weighted by Gasteiger charge is -2.13. The Bertz CT molecular complexity index is 356. The first-order valence-corrected chi connectivity index (χ1v) is 8.20. The number of carbonyl (C=O) groups is 2. The molecule has 132 valence electrons. The van der Waals surface area contributed by atoms with Crippen molar-refractivity contribution < 1.29 is 19.1 Å². The number of halogens is 1. The molecule has 23 heavy (non-hydrogen) atoms. The van der Waals surface area contributed by atoms with Crippen LogP contribution in [0.4, 0.5) is 0 Å². The van der Waals surface area contributed by atoms with Crippen molar-refractivity contribution in [2.75, 3.05) is 52.5 Å². The van der Waals surface area contributed by atoms with Gasteiger partial charge in [0.2, 0.25) is 0 Å². The number of hydrogen-bond acceptors (Lipinski definition) is 6. The third kappa shape index (κ3) is 8.34. The molecule has 0 radical (unpaired) electrons. The van der Waals surface area contributed by atoms with Crippen LogP contribution in [0.15, 0.2) is 12.2 Å². The topological polar surface area (TPSA) is 59.1 Å². The van der Waals surface area contributed by atoms with E-state index in [1.54, 1.807) is 0 Å². The van der Waals surface area contributed by atoms with E-state index >= 15 is 0 Å². The number of ether oxygens (including phenoxy) is 2. The van der Waals surface area contributed by atoms with Gasteiger partial charge in [-0.15, -0.1) is 12.4 Å². The van der Waals surface area contributed by atoms with Crippen LogP contribution in [0.3, 0.4) is 0 Å². The van der Waals surface area contributed by atoms with Crippen molar-refractivity contribution in [1.29, 1.82) is 0 Å². The highest BCUT2D eigenvalue weighted by atomic mass is 35.5. The molecule has 0 saturated carbocycles. The zero-order chi connectivity index (χ0) is 15.6. The van der Waals surface area contributed by atoms with Crippen molar-refractivity contribution in [3.63, 3.8) is 0 Å². The average Bonchev–Trinajstić information content (AvgIpc) is 3.18. The Labute approximate surface area is 144 Å². The van der Waals surface area contributed by atoms with Gasteiger partial charge in [-0.3, -0.25) is 9.80 Å². The van der Waals surface area contributed by atoms with Crippen molar-refractivity contribution in [3.05, 3.63) is 12.2 Å². The molecule has 0 N–H and O–H groups in total. The zero-order valence-electron chi connectivity index (χ0n) is 13.6. The third-order valence-corrected chi connectivity index (χ3v) is 4.06. The van der Waals surface area contributed by atoms with Gasteiger partial charge >= 0.3 is 11.9 Å². The fourth-order valence-electron chi connectivity index (χ4n) is 2.80. The summed E-state index contributed by atoms with van der Waals surface area (Å²) in [7, 11) is 0. The molecule has 2 rings (SSSR count). The molecule has 2 aliphatic heterocycles. The molecule has 0 spiro atoms. The monoisotopic (exact) mass is 346 g/mol. The predicted octanol–water partition coefficient (Wildman–Crippen LogP) is 1.24. The lowest BCUT2D eigenvalue weighted by atomic mass is 10.4. The Morgan fingerprint density at radius 2 is 1.09 bits per heavy atom. The SMILES string of the molecule is Cl.O=C(/C=C/C(=O)OCCN1CCCC1)OCCN1CCCC1. The van der Waals surface area contributed by atoms with Crippen molar-refractivity contribution in [2.45, 2.75) is 25.7 Å². The summed E-state index contributed by atoms with van der Waals surface area (Å²) < 4.78 is 10.1. The number of hydrogen-bond donors (Lipinski definition) is 0. The second-order valence-electron chi connectivity index (χ2n) is 5.77. The van der Waals surface area contributed by atoms with Crippen LogP contribution >= 0.6 is 12.4 Å². The molecule has 2 aliphatic rings. The summed E-state index contributed by atoms with van der Waals surface area (Å²) in [6.07, 6.45) is 7.16. The van der Waals surface area contributed by atoms with Crippen LogP contribution in [0.1, 0.15) is 25.7 Å². The molecule has 6 nitrogen and oxygen atoms in total. The second kappa shape index (κ2) is 11.4. The molecule has 0 aromatic rings.